The molecule has 4 nitrogen and oxygen atoms in total. The maximum Gasteiger partial charge on any atom is 0.253 e. The van der Waals surface area contributed by atoms with Crippen LogP contribution in [0.5, 0.6) is 0 Å². The lowest BCUT2D eigenvalue weighted by Crippen LogP contribution is -2.31. The van der Waals surface area contributed by atoms with E-state index in [1.807, 2.05) is 30.3 Å². The van der Waals surface area contributed by atoms with E-state index in [1.54, 1.807) is 0 Å². The van der Waals surface area contributed by atoms with Crippen LogP contribution in [0.25, 0.3) is 0 Å². The zero-order valence-corrected chi connectivity index (χ0v) is 10.1. The van der Waals surface area contributed by atoms with Crippen LogP contribution in [0.3, 0.4) is 0 Å². The smallest absolute Gasteiger partial charge is 0.253 e. The van der Waals surface area contributed by atoms with Crippen molar-refractivity contribution in [1.82, 2.24) is 5.32 Å². The number of hydrogen-bond donors (Lipinski definition) is 2. The summed E-state index contributed by atoms with van der Waals surface area (Å²) < 4.78 is 5.19. The van der Waals surface area contributed by atoms with Crippen molar-refractivity contribution >= 4 is 5.91 Å². The first-order chi connectivity index (χ1) is 8.29. The van der Waals surface area contributed by atoms with Gasteiger partial charge in [-0.3, -0.25) is 4.79 Å². The number of unbranched alkanes of at least 4 members (excludes halogenated alkanes) is 1. The second-order valence-corrected chi connectivity index (χ2v) is 3.75. The monoisotopic (exact) mass is 237 g/mol. The number of aliphatic hydroxyl groups is 1. The summed E-state index contributed by atoms with van der Waals surface area (Å²) in [5, 5.41) is 11.4. The van der Waals surface area contributed by atoms with Gasteiger partial charge in [0.25, 0.3) is 5.91 Å². The van der Waals surface area contributed by atoms with E-state index in [1.165, 1.54) is 7.11 Å². The molecule has 1 atom stereocenters. The number of benzene rings is 1. The van der Waals surface area contributed by atoms with Gasteiger partial charge in [-0.25, -0.2) is 0 Å². The van der Waals surface area contributed by atoms with E-state index in [0.717, 1.165) is 12.0 Å². The molecule has 1 amide bonds. The van der Waals surface area contributed by atoms with Crippen LogP contribution in [0.1, 0.15) is 24.5 Å². The molecule has 0 aromatic heterocycles. The van der Waals surface area contributed by atoms with Gasteiger partial charge in [0.05, 0.1) is 0 Å². The lowest BCUT2D eigenvalue weighted by molar-refractivity contribution is -0.131. The second kappa shape index (κ2) is 7.81. The molecule has 0 saturated carbocycles. The fraction of sp³-hybridized carbons (Fsp3) is 0.462. The van der Waals surface area contributed by atoms with Crippen LogP contribution >= 0.6 is 0 Å². The summed E-state index contributed by atoms with van der Waals surface area (Å²) in [6.07, 6.45) is 0.904. The van der Waals surface area contributed by atoms with Crippen LogP contribution in [0.4, 0.5) is 0 Å². The van der Waals surface area contributed by atoms with E-state index < -0.39 is 6.10 Å². The number of carbonyl (C=O) groups is 1. The highest BCUT2D eigenvalue weighted by Crippen LogP contribution is 2.15. The van der Waals surface area contributed by atoms with Gasteiger partial charge in [0.2, 0.25) is 0 Å². The minimum absolute atomic E-state index is 0.142. The first-order valence-electron chi connectivity index (χ1n) is 5.76. The number of methoxy groups -OCH3 is 1. The molecule has 0 fully saturated rings. The van der Waals surface area contributed by atoms with Crippen molar-refractivity contribution in [3.05, 3.63) is 35.9 Å². The Morgan fingerprint density at radius 2 is 2.06 bits per heavy atom. The fourth-order valence-electron chi connectivity index (χ4n) is 1.56. The molecule has 0 radical (unpaired) electrons. The van der Waals surface area contributed by atoms with Gasteiger partial charge >= 0.3 is 0 Å². The van der Waals surface area contributed by atoms with Crippen molar-refractivity contribution in [3.8, 4) is 0 Å². The molecule has 1 aromatic rings. The summed E-state index contributed by atoms with van der Waals surface area (Å²) in [6, 6.07) is 9.37. The van der Waals surface area contributed by atoms with Crippen LogP contribution in [0.15, 0.2) is 30.3 Å². The third kappa shape index (κ3) is 4.54. The van der Waals surface area contributed by atoms with Crippen LogP contribution in [-0.2, 0) is 9.53 Å². The molecule has 1 rings (SSSR count). The summed E-state index contributed by atoms with van der Waals surface area (Å²) >= 11 is 0. The number of carbonyl (C=O) groups excluding carboxylic acids is 1. The second-order valence-electron chi connectivity index (χ2n) is 3.75. The Kier molecular flexibility index (Phi) is 6.29. The van der Waals surface area contributed by atoms with Gasteiger partial charge < -0.3 is 15.2 Å². The van der Waals surface area contributed by atoms with Gasteiger partial charge in [0, 0.05) is 20.3 Å². The summed E-state index contributed by atoms with van der Waals surface area (Å²) in [4.78, 5) is 11.8. The Labute approximate surface area is 102 Å². The quantitative estimate of drug-likeness (QED) is 0.702. The number of hydrogen-bond acceptors (Lipinski definition) is 3. The van der Waals surface area contributed by atoms with Crippen molar-refractivity contribution in [3.63, 3.8) is 0 Å². The Morgan fingerprint density at radius 3 is 2.65 bits per heavy atom. The zero-order chi connectivity index (χ0) is 12.5. The van der Waals surface area contributed by atoms with Crippen LogP contribution < -0.4 is 5.32 Å². The van der Waals surface area contributed by atoms with Gasteiger partial charge in [0.15, 0.2) is 6.10 Å². The summed E-state index contributed by atoms with van der Waals surface area (Å²) in [5.41, 5.74) is 0.842. The van der Waals surface area contributed by atoms with Crippen molar-refractivity contribution in [1.29, 1.82) is 0 Å². The Morgan fingerprint density at radius 1 is 1.35 bits per heavy atom. The van der Waals surface area contributed by atoms with Gasteiger partial charge in [-0.05, 0) is 18.4 Å². The first-order valence-corrected chi connectivity index (χ1v) is 5.76. The van der Waals surface area contributed by atoms with E-state index in [9.17, 15) is 4.79 Å². The van der Waals surface area contributed by atoms with Gasteiger partial charge in [-0.15, -0.1) is 0 Å². The maximum absolute atomic E-state index is 11.8. The van der Waals surface area contributed by atoms with E-state index in [-0.39, 0.29) is 12.5 Å². The third-order valence-electron chi connectivity index (χ3n) is 2.46. The molecule has 0 spiro atoms. The van der Waals surface area contributed by atoms with E-state index >= 15 is 0 Å². The number of nitrogens with one attached hydrogen (secondary N) is 1. The van der Waals surface area contributed by atoms with Crippen molar-refractivity contribution in [2.45, 2.75) is 18.9 Å². The first kappa shape index (κ1) is 13.7. The number of aliphatic hydroxyl groups excluding tert-OH is 1. The predicted octanol–water partition coefficient (Wildman–Crippen LogP) is 1.26. The van der Waals surface area contributed by atoms with Crippen LogP contribution in [-0.4, -0.2) is 31.3 Å². The van der Waals surface area contributed by atoms with Crippen LogP contribution in [0.2, 0.25) is 0 Å². The van der Waals surface area contributed by atoms with Crippen molar-refractivity contribution < 1.29 is 14.6 Å². The van der Waals surface area contributed by atoms with E-state index in [0.29, 0.717) is 13.0 Å². The Balaban J connectivity index is 2.48. The standard InChI is InChI=1S/C13H19NO3/c1-17-12(11-7-3-2-4-8-11)13(16)14-9-5-6-10-15/h2-4,7-8,12,15H,5-6,9-10H2,1H3,(H,14,16). The third-order valence-corrected chi connectivity index (χ3v) is 2.46. The average Bonchev–Trinajstić information content (AvgIpc) is 2.37. The number of amides is 1. The highest BCUT2D eigenvalue weighted by molar-refractivity contribution is 5.82. The van der Waals surface area contributed by atoms with E-state index in [4.69, 9.17) is 9.84 Å². The highest BCUT2D eigenvalue weighted by atomic mass is 16.5. The molecular weight excluding hydrogens is 218 g/mol. The molecular formula is C13H19NO3. The molecule has 0 aliphatic rings. The predicted molar refractivity (Wildman–Crippen MR) is 65.5 cm³/mol. The lowest BCUT2D eigenvalue weighted by atomic mass is 10.1. The molecule has 0 heterocycles. The molecule has 0 aliphatic heterocycles. The summed E-state index contributed by atoms with van der Waals surface area (Å²) in [7, 11) is 1.52. The number of rotatable bonds is 7. The Bertz CT molecular complexity index is 327. The lowest BCUT2D eigenvalue weighted by Gasteiger charge is -2.15. The fourth-order valence-corrected chi connectivity index (χ4v) is 1.56. The van der Waals surface area contributed by atoms with Gasteiger partial charge in [-0.2, -0.15) is 0 Å². The highest BCUT2D eigenvalue weighted by Gasteiger charge is 2.18. The minimum Gasteiger partial charge on any atom is -0.396 e. The number of ether oxygens (including phenoxy) is 1. The normalized spacial score (nSPS) is 12.1. The molecule has 0 aliphatic carbocycles. The molecule has 1 aromatic carbocycles. The van der Waals surface area contributed by atoms with Gasteiger partial charge in [-0.1, -0.05) is 30.3 Å². The largest absolute Gasteiger partial charge is 0.396 e. The molecule has 0 bridgehead atoms. The summed E-state index contributed by atoms with van der Waals surface area (Å²) in [6.45, 7) is 0.717. The minimum atomic E-state index is -0.565. The summed E-state index contributed by atoms with van der Waals surface area (Å²) in [5.74, 6) is -0.142. The zero-order valence-electron chi connectivity index (χ0n) is 10.1. The molecule has 17 heavy (non-hydrogen) atoms. The maximum atomic E-state index is 11.8. The molecule has 0 saturated heterocycles. The van der Waals surface area contributed by atoms with E-state index in [2.05, 4.69) is 5.32 Å². The molecule has 1 unspecified atom stereocenters. The SMILES string of the molecule is COC(C(=O)NCCCCO)c1ccccc1. The van der Waals surface area contributed by atoms with Gasteiger partial charge in [0.1, 0.15) is 0 Å². The Hall–Kier alpha value is -1.39. The average molecular weight is 237 g/mol. The van der Waals surface area contributed by atoms with Crippen molar-refractivity contribution in [2.24, 2.45) is 0 Å². The molecule has 94 valence electrons. The molecule has 4 heteroatoms. The van der Waals surface area contributed by atoms with Crippen molar-refractivity contribution in [2.75, 3.05) is 20.3 Å². The topological polar surface area (TPSA) is 58.6 Å². The van der Waals surface area contributed by atoms with Crippen LogP contribution in [0, 0.1) is 0 Å². The molecule has 2 N–H and O–H groups in total.